The molecule has 0 atom stereocenters. The molecule has 0 radical (unpaired) electrons. The van der Waals surface area contributed by atoms with Crippen LogP contribution in [0, 0.1) is 10.1 Å². The van der Waals surface area contributed by atoms with E-state index in [1.807, 2.05) is 42.5 Å². The van der Waals surface area contributed by atoms with Crippen LogP contribution in [-0.4, -0.2) is 14.7 Å². The average molecular weight is 253 g/mol. The van der Waals surface area contributed by atoms with E-state index in [2.05, 4.69) is 5.10 Å². The maximum Gasteiger partial charge on any atom is 0.345 e. The minimum atomic E-state index is -0.419. The Balaban J connectivity index is 2.06. The lowest BCUT2D eigenvalue weighted by atomic mass is 10.0. The summed E-state index contributed by atoms with van der Waals surface area (Å²) in [5, 5.41) is 17.1. The van der Waals surface area contributed by atoms with Crippen LogP contribution >= 0.6 is 0 Å². The molecule has 3 rings (SSSR count). The molecular weight excluding hydrogens is 242 g/mol. The fourth-order valence-electron chi connectivity index (χ4n) is 2.19. The molecular formula is C14H11N3O2. The molecule has 0 fully saturated rings. The van der Waals surface area contributed by atoms with Crippen molar-refractivity contribution in [3.63, 3.8) is 0 Å². The highest BCUT2D eigenvalue weighted by Gasteiger charge is 2.14. The van der Waals surface area contributed by atoms with Crippen molar-refractivity contribution in [2.45, 2.75) is 6.54 Å². The van der Waals surface area contributed by atoms with Gasteiger partial charge >= 0.3 is 5.82 Å². The van der Waals surface area contributed by atoms with Gasteiger partial charge in [-0.3, -0.25) is 0 Å². The summed E-state index contributed by atoms with van der Waals surface area (Å²) >= 11 is 0. The number of hydrogen-bond acceptors (Lipinski definition) is 3. The number of aromatic nitrogens is 2. The number of nitro groups is 1. The lowest BCUT2D eigenvalue weighted by Crippen LogP contribution is -2.06. The molecule has 0 saturated heterocycles. The Hall–Kier alpha value is -2.69. The second kappa shape index (κ2) is 4.53. The lowest BCUT2D eigenvalue weighted by Gasteiger charge is -2.04. The quantitative estimate of drug-likeness (QED) is 0.532. The minimum absolute atomic E-state index is 0.00735. The van der Waals surface area contributed by atoms with Crippen molar-refractivity contribution < 1.29 is 4.92 Å². The summed E-state index contributed by atoms with van der Waals surface area (Å²) in [6, 6.07) is 15.3. The maximum atomic E-state index is 10.9. The highest BCUT2D eigenvalue weighted by atomic mass is 16.6. The van der Waals surface area contributed by atoms with Crippen molar-refractivity contribution in [3.05, 3.63) is 70.4 Å². The number of fused-ring (bicyclic) bond motifs is 1. The van der Waals surface area contributed by atoms with E-state index < -0.39 is 4.92 Å². The van der Waals surface area contributed by atoms with Crippen LogP contribution in [0.25, 0.3) is 10.8 Å². The molecule has 0 unspecified atom stereocenters. The van der Waals surface area contributed by atoms with Gasteiger partial charge in [0.2, 0.25) is 0 Å². The molecule has 1 aromatic heterocycles. The predicted octanol–water partition coefficient (Wildman–Crippen LogP) is 2.99. The Labute approximate surface area is 109 Å². The highest BCUT2D eigenvalue weighted by molar-refractivity contribution is 5.85. The van der Waals surface area contributed by atoms with E-state index in [4.69, 9.17) is 0 Å². The van der Waals surface area contributed by atoms with E-state index in [1.54, 1.807) is 0 Å². The fourth-order valence-corrected chi connectivity index (χ4v) is 2.19. The molecule has 0 spiro atoms. The normalized spacial score (nSPS) is 10.7. The molecule has 0 aliphatic heterocycles. The van der Waals surface area contributed by atoms with Crippen LogP contribution in [0.5, 0.6) is 0 Å². The number of benzene rings is 2. The minimum Gasteiger partial charge on any atom is -0.358 e. The van der Waals surface area contributed by atoms with Crippen molar-refractivity contribution in [2.75, 3.05) is 0 Å². The average Bonchev–Trinajstić information content (AvgIpc) is 2.87. The molecule has 3 aromatic rings. The van der Waals surface area contributed by atoms with Gasteiger partial charge in [0.25, 0.3) is 0 Å². The zero-order valence-electron chi connectivity index (χ0n) is 10.1. The summed E-state index contributed by atoms with van der Waals surface area (Å²) in [4.78, 5) is 10.5. The third-order valence-electron chi connectivity index (χ3n) is 3.08. The summed E-state index contributed by atoms with van der Waals surface area (Å²) in [6.07, 6.45) is 1.45. The van der Waals surface area contributed by atoms with Gasteiger partial charge in [-0.2, -0.15) is 0 Å². The van der Waals surface area contributed by atoms with E-state index in [9.17, 15) is 10.1 Å². The number of rotatable bonds is 3. The predicted molar refractivity (Wildman–Crippen MR) is 71.9 cm³/mol. The van der Waals surface area contributed by atoms with E-state index in [1.165, 1.54) is 16.9 Å². The Kier molecular flexibility index (Phi) is 2.72. The highest BCUT2D eigenvalue weighted by Crippen LogP contribution is 2.21. The second-order valence-corrected chi connectivity index (χ2v) is 4.24. The summed E-state index contributed by atoms with van der Waals surface area (Å²) in [7, 11) is 0. The molecule has 1 heterocycles. The third kappa shape index (κ3) is 2.06. The van der Waals surface area contributed by atoms with Crippen LogP contribution in [-0.2, 0) is 6.54 Å². The first-order valence-electron chi connectivity index (χ1n) is 5.88. The number of hydrogen-bond donors (Lipinski definition) is 0. The largest absolute Gasteiger partial charge is 0.358 e. The molecule has 19 heavy (non-hydrogen) atoms. The first kappa shape index (κ1) is 11.4. The van der Waals surface area contributed by atoms with Gasteiger partial charge in [-0.25, -0.2) is 0 Å². The molecule has 0 amide bonds. The molecule has 0 N–H and O–H groups in total. The summed E-state index contributed by atoms with van der Waals surface area (Å²) in [5.74, 6) is 0.00735. The van der Waals surface area contributed by atoms with E-state index in [0.717, 1.165) is 16.3 Å². The van der Waals surface area contributed by atoms with Crippen LogP contribution < -0.4 is 0 Å². The topological polar surface area (TPSA) is 61.0 Å². The molecule has 0 bridgehead atoms. The van der Waals surface area contributed by atoms with Crippen molar-refractivity contribution in [3.8, 4) is 0 Å². The second-order valence-electron chi connectivity index (χ2n) is 4.24. The maximum absolute atomic E-state index is 10.9. The zero-order chi connectivity index (χ0) is 13.2. The van der Waals surface area contributed by atoms with Gasteiger partial charge in [0.1, 0.15) is 6.54 Å². The van der Waals surface area contributed by atoms with Gasteiger partial charge in [0.15, 0.2) is 0 Å². The fraction of sp³-hybridized carbons (Fsp3) is 0.0714. The summed E-state index contributed by atoms with van der Waals surface area (Å²) in [5.41, 5.74) is 1.02. The summed E-state index contributed by atoms with van der Waals surface area (Å²) < 4.78 is 1.40. The molecule has 0 saturated carbocycles. The Morgan fingerprint density at radius 2 is 1.89 bits per heavy atom. The van der Waals surface area contributed by atoms with Crippen LogP contribution in [0.3, 0.4) is 0 Å². The van der Waals surface area contributed by atoms with Gasteiger partial charge in [0.05, 0.1) is 12.3 Å². The van der Waals surface area contributed by atoms with Crippen molar-refractivity contribution in [1.82, 2.24) is 9.78 Å². The van der Waals surface area contributed by atoms with Gasteiger partial charge < -0.3 is 10.1 Å². The molecule has 0 aliphatic rings. The van der Waals surface area contributed by atoms with Gasteiger partial charge in [-0.05, 0) is 15.7 Å². The van der Waals surface area contributed by atoms with Crippen LogP contribution in [0.15, 0.2) is 54.7 Å². The SMILES string of the molecule is O=[N+]([O-])c1ccnn1Cc1cccc2ccccc12. The Morgan fingerprint density at radius 3 is 2.74 bits per heavy atom. The first-order valence-corrected chi connectivity index (χ1v) is 5.88. The van der Waals surface area contributed by atoms with Crippen LogP contribution in [0.1, 0.15) is 5.56 Å². The van der Waals surface area contributed by atoms with Crippen molar-refractivity contribution in [1.29, 1.82) is 0 Å². The number of nitrogens with zero attached hydrogens (tertiary/aromatic N) is 3. The first-order chi connectivity index (χ1) is 9.25. The van der Waals surface area contributed by atoms with Gasteiger partial charge in [-0.1, -0.05) is 47.6 Å². The van der Waals surface area contributed by atoms with Crippen molar-refractivity contribution in [2.24, 2.45) is 0 Å². The zero-order valence-corrected chi connectivity index (χ0v) is 10.1. The standard InChI is InChI=1S/C14H11N3O2/c18-17(19)14-8-9-15-16(14)10-12-6-3-5-11-4-1-2-7-13(11)12/h1-9H,10H2. The smallest absolute Gasteiger partial charge is 0.345 e. The molecule has 0 aliphatic carbocycles. The lowest BCUT2D eigenvalue weighted by molar-refractivity contribution is -0.392. The monoisotopic (exact) mass is 253 g/mol. The van der Waals surface area contributed by atoms with E-state index in [0.29, 0.717) is 6.54 Å². The Bertz CT molecular complexity index is 744. The molecule has 2 aromatic carbocycles. The third-order valence-corrected chi connectivity index (χ3v) is 3.08. The van der Waals surface area contributed by atoms with Crippen LogP contribution in [0.4, 0.5) is 5.82 Å². The van der Waals surface area contributed by atoms with E-state index in [-0.39, 0.29) is 5.82 Å². The molecule has 94 valence electrons. The summed E-state index contributed by atoms with van der Waals surface area (Å²) in [6.45, 7) is 0.394. The molecule has 5 nitrogen and oxygen atoms in total. The van der Waals surface area contributed by atoms with Crippen LogP contribution in [0.2, 0.25) is 0 Å². The van der Waals surface area contributed by atoms with Crippen molar-refractivity contribution >= 4 is 16.6 Å². The van der Waals surface area contributed by atoms with Gasteiger partial charge in [0, 0.05) is 5.56 Å². The van der Waals surface area contributed by atoms with E-state index >= 15 is 0 Å². The Morgan fingerprint density at radius 1 is 1.11 bits per heavy atom. The van der Waals surface area contributed by atoms with Gasteiger partial charge in [-0.15, -0.1) is 4.68 Å². The molecule has 5 heteroatoms.